The summed E-state index contributed by atoms with van der Waals surface area (Å²) in [6.45, 7) is -2.26. The van der Waals surface area contributed by atoms with Crippen LogP contribution in [0.2, 0.25) is 0 Å². The van der Waals surface area contributed by atoms with Crippen molar-refractivity contribution in [2.24, 2.45) is 0 Å². The Morgan fingerprint density at radius 1 is 1.29 bits per heavy atom. The summed E-state index contributed by atoms with van der Waals surface area (Å²) >= 11 is 0. The molecule has 0 saturated carbocycles. The number of imide groups is 1. The molecule has 6 nitrogen and oxygen atoms in total. The molecule has 1 aliphatic carbocycles. The van der Waals surface area contributed by atoms with Gasteiger partial charge in [0.05, 0.1) is 0 Å². The summed E-state index contributed by atoms with van der Waals surface area (Å²) in [5, 5.41) is 4.25. The van der Waals surface area contributed by atoms with Crippen LogP contribution in [-0.4, -0.2) is 42.0 Å². The zero-order valence-corrected chi connectivity index (χ0v) is 12.4. The van der Waals surface area contributed by atoms with Crippen LogP contribution >= 0.6 is 0 Å². The van der Waals surface area contributed by atoms with Crippen LogP contribution < -0.4 is 10.6 Å². The number of halogens is 3. The smallest absolute Gasteiger partial charge is 0.345 e. The summed E-state index contributed by atoms with van der Waals surface area (Å²) in [4.78, 5) is 37.0. The SMILES string of the molecule is O=C(CN1C(=O)N[C@]2(CCc3ccccc32)C1=O)NCC(F)(F)F. The zero-order valence-electron chi connectivity index (χ0n) is 12.4. The van der Waals surface area contributed by atoms with Crippen molar-refractivity contribution in [3.05, 3.63) is 35.4 Å². The largest absolute Gasteiger partial charge is 0.405 e. The molecule has 1 fully saturated rings. The Labute approximate surface area is 135 Å². The van der Waals surface area contributed by atoms with Crippen molar-refractivity contribution < 1.29 is 27.6 Å². The van der Waals surface area contributed by atoms with E-state index in [1.165, 1.54) is 0 Å². The third kappa shape index (κ3) is 2.70. The summed E-state index contributed by atoms with van der Waals surface area (Å²) in [6.07, 6.45) is -3.60. The summed E-state index contributed by atoms with van der Waals surface area (Å²) in [5.74, 6) is -1.65. The predicted molar refractivity (Wildman–Crippen MR) is 75.8 cm³/mol. The first-order valence-electron chi connectivity index (χ1n) is 7.29. The van der Waals surface area contributed by atoms with Gasteiger partial charge in [0.25, 0.3) is 5.91 Å². The molecule has 9 heteroatoms. The number of carbonyl (C=O) groups is 3. The van der Waals surface area contributed by atoms with E-state index in [9.17, 15) is 27.6 Å². The molecule has 1 aliphatic heterocycles. The summed E-state index contributed by atoms with van der Waals surface area (Å²) in [7, 11) is 0. The van der Waals surface area contributed by atoms with Crippen molar-refractivity contribution in [2.45, 2.75) is 24.6 Å². The van der Waals surface area contributed by atoms with Gasteiger partial charge in [0.2, 0.25) is 5.91 Å². The van der Waals surface area contributed by atoms with Gasteiger partial charge < -0.3 is 10.6 Å². The van der Waals surface area contributed by atoms with E-state index in [0.717, 1.165) is 5.56 Å². The average molecular weight is 341 g/mol. The lowest BCUT2D eigenvalue weighted by molar-refractivity contribution is -0.141. The number of carbonyl (C=O) groups excluding carboxylic acids is 3. The number of rotatable bonds is 3. The fourth-order valence-corrected chi connectivity index (χ4v) is 3.13. The topological polar surface area (TPSA) is 78.5 Å². The second-order valence-corrected chi connectivity index (χ2v) is 5.78. The molecule has 24 heavy (non-hydrogen) atoms. The molecule has 0 unspecified atom stereocenters. The molecule has 1 heterocycles. The van der Waals surface area contributed by atoms with Gasteiger partial charge in [-0.3, -0.25) is 14.5 Å². The molecule has 4 amide bonds. The maximum Gasteiger partial charge on any atom is 0.405 e. The maximum absolute atomic E-state index is 12.7. The van der Waals surface area contributed by atoms with Crippen molar-refractivity contribution >= 4 is 17.8 Å². The van der Waals surface area contributed by atoms with Crippen molar-refractivity contribution in [3.8, 4) is 0 Å². The van der Waals surface area contributed by atoms with Crippen molar-refractivity contribution in [3.63, 3.8) is 0 Å². The number of aryl methyl sites for hydroxylation is 1. The van der Waals surface area contributed by atoms with Crippen molar-refractivity contribution in [1.29, 1.82) is 0 Å². The number of urea groups is 1. The van der Waals surface area contributed by atoms with Crippen molar-refractivity contribution in [1.82, 2.24) is 15.5 Å². The third-order valence-electron chi connectivity index (χ3n) is 4.21. The van der Waals surface area contributed by atoms with E-state index in [1.54, 1.807) is 17.4 Å². The van der Waals surface area contributed by atoms with Gasteiger partial charge in [0.1, 0.15) is 18.6 Å². The van der Waals surface area contributed by atoms with E-state index < -0.39 is 42.7 Å². The van der Waals surface area contributed by atoms with Crippen LogP contribution in [0.15, 0.2) is 24.3 Å². The Morgan fingerprint density at radius 3 is 2.71 bits per heavy atom. The highest BCUT2D eigenvalue weighted by Crippen LogP contribution is 2.41. The Bertz CT molecular complexity index is 719. The molecular formula is C15H14F3N3O3. The second-order valence-electron chi connectivity index (χ2n) is 5.78. The van der Waals surface area contributed by atoms with Gasteiger partial charge in [-0.15, -0.1) is 0 Å². The molecule has 1 aromatic rings. The number of alkyl halides is 3. The first-order chi connectivity index (χ1) is 11.2. The molecule has 2 N–H and O–H groups in total. The Kier molecular flexibility index (Phi) is 3.73. The minimum absolute atomic E-state index is 0.359. The van der Waals surface area contributed by atoms with Crippen LogP contribution in [0.25, 0.3) is 0 Å². The molecule has 128 valence electrons. The molecule has 1 spiro atoms. The fourth-order valence-electron chi connectivity index (χ4n) is 3.13. The molecule has 1 atom stereocenters. The van der Waals surface area contributed by atoms with Crippen LogP contribution in [0.3, 0.4) is 0 Å². The predicted octanol–water partition coefficient (Wildman–Crippen LogP) is 1.06. The van der Waals surface area contributed by atoms with Crippen LogP contribution in [0, 0.1) is 0 Å². The lowest BCUT2D eigenvalue weighted by Gasteiger charge is -2.22. The van der Waals surface area contributed by atoms with E-state index in [4.69, 9.17) is 0 Å². The number of nitrogens with zero attached hydrogens (tertiary/aromatic N) is 1. The fraction of sp³-hybridized carbons (Fsp3) is 0.400. The highest BCUT2D eigenvalue weighted by molar-refractivity contribution is 6.09. The number of hydrogen-bond acceptors (Lipinski definition) is 3. The summed E-state index contributed by atoms with van der Waals surface area (Å²) < 4.78 is 36.3. The molecule has 0 radical (unpaired) electrons. The van der Waals surface area contributed by atoms with Gasteiger partial charge in [0.15, 0.2) is 0 Å². The highest BCUT2D eigenvalue weighted by Gasteiger charge is 2.55. The molecule has 0 aromatic heterocycles. The van der Waals surface area contributed by atoms with Gasteiger partial charge in [-0.2, -0.15) is 13.2 Å². The third-order valence-corrected chi connectivity index (χ3v) is 4.21. The van der Waals surface area contributed by atoms with Gasteiger partial charge in [-0.05, 0) is 24.0 Å². The molecule has 3 rings (SSSR count). The van der Waals surface area contributed by atoms with Gasteiger partial charge >= 0.3 is 12.2 Å². The van der Waals surface area contributed by atoms with E-state index >= 15 is 0 Å². The minimum Gasteiger partial charge on any atom is -0.345 e. The van der Waals surface area contributed by atoms with Crippen LogP contribution in [-0.2, 0) is 21.5 Å². The molecule has 2 aliphatic rings. The highest BCUT2D eigenvalue weighted by atomic mass is 19.4. The minimum atomic E-state index is -4.56. The van der Waals surface area contributed by atoms with Crippen LogP contribution in [0.1, 0.15) is 17.5 Å². The van der Waals surface area contributed by atoms with Crippen LogP contribution in [0.4, 0.5) is 18.0 Å². The van der Waals surface area contributed by atoms with E-state index in [2.05, 4.69) is 5.32 Å². The second kappa shape index (κ2) is 5.50. The number of nitrogens with one attached hydrogen (secondary N) is 2. The molecule has 0 bridgehead atoms. The Morgan fingerprint density at radius 2 is 2.00 bits per heavy atom. The number of fused-ring (bicyclic) bond motifs is 2. The Hall–Kier alpha value is -2.58. The van der Waals surface area contributed by atoms with Gasteiger partial charge in [0, 0.05) is 0 Å². The van der Waals surface area contributed by atoms with Gasteiger partial charge in [-0.25, -0.2) is 4.79 Å². The quantitative estimate of drug-likeness (QED) is 0.807. The molecular weight excluding hydrogens is 327 g/mol. The first-order valence-corrected chi connectivity index (χ1v) is 7.29. The van der Waals surface area contributed by atoms with E-state index in [1.807, 2.05) is 12.1 Å². The molecule has 1 saturated heterocycles. The van der Waals surface area contributed by atoms with Crippen LogP contribution in [0.5, 0.6) is 0 Å². The standard InChI is InChI=1S/C15H14F3N3O3/c16-15(17,18)8-19-11(22)7-21-12(23)14(20-13(21)24)6-5-9-3-1-2-4-10(9)14/h1-4H,5-8H2,(H,19,22)(H,20,24)/t14-/m0/s1. The summed E-state index contributed by atoms with van der Waals surface area (Å²) in [5.41, 5.74) is 0.369. The zero-order chi connectivity index (χ0) is 17.5. The van der Waals surface area contributed by atoms with E-state index in [0.29, 0.717) is 23.3 Å². The lowest BCUT2D eigenvalue weighted by atomic mass is 9.92. The first kappa shape index (κ1) is 16.3. The normalized spacial score (nSPS) is 22.7. The monoisotopic (exact) mass is 341 g/mol. The van der Waals surface area contributed by atoms with Crippen molar-refractivity contribution in [2.75, 3.05) is 13.1 Å². The molecule has 1 aromatic carbocycles. The summed E-state index contributed by atoms with van der Waals surface area (Å²) in [6, 6.07) is 6.36. The maximum atomic E-state index is 12.7. The van der Waals surface area contributed by atoms with Gasteiger partial charge in [-0.1, -0.05) is 24.3 Å². The average Bonchev–Trinajstić information content (AvgIpc) is 2.99. The Balaban J connectivity index is 1.75. The number of benzene rings is 1. The van der Waals surface area contributed by atoms with E-state index in [-0.39, 0.29) is 0 Å². The lowest BCUT2D eigenvalue weighted by Crippen LogP contribution is -2.45. The number of hydrogen-bond donors (Lipinski definition) is 2. The number of amides is 4.